The molecule has 0 atom stereocenters. The van der Waals surface area contributed by atoms with Crippen molar-refractivity contribution >= 4 is 5.97 Å². The van der Waals surface area contributed by atoms with Crippen LogP contribution in [0.2, 0.25) is 0 Å². The summed E-state index contributed by atoms with van der Waals surface area (Å²) in [6.45, 7) is 7.07. The van der Waals surface area contributed by atoms with Crippen LogP contribution in [0.25, 0.3) is 0 Å². The van der Waals surface area contributed by atoms with Crippen molar-refractivity contribution in [3.63, 3.8) is 0 Å². The molecular weight excluding hydrogens is 270 g/mol. The Labute approximate surface area is 126 Å². The summed E-state index contributed by atoms with van der Waals surface area (Å²) in [5.41, 5.74) is 0.241. The molecule has 0 aliphatic rings. The van der Waals surface area contributed by atoms with Gasteiger partial charge in [-0.05, 0) is 51.4 Å². The van der Waals surface area contributed by atoms with E-state index in [9.17, 15) is 4.79 Å². The molecule has 0 saturated heterocycles. The topological polar surface area (TPSA) is 67.8 Å². The number of nitrogens with one attached hydrogen (secondary N) is 1. The van der Waals surface area contributed by atoms with Gasteiger partial charge >= 0.3 is 5.97 Å². The largest absolute Gasteiger partial charge is 0.492 e. The Morgan fingerprint density at radius 3 is 2.76 bits per heavy atom. The van der Waals surface area contributed by atoms with Crippen molar-refractivity contribution in [2.45, 2.75) is 32.8 Å². The van der Waals surface area contributed by atoms with Gasteiger partial charge in [0.05, 0.1) is 11.7 Å². The molecule has 0 heterocycles. The van der Waals surface area contributed by atoms with Gasteiger partial charge in [-0.2, -0.15) is 0 Å². The van der Waals surface area contributed by atoms with Crippen molar-refractivity contribution in [1.82, 2.24) is 5.32 Å². The first kappa shape index (κ1) is 17.5. The van der Waals surface area contributed by atoms with Crippen LogP contribution in [0.1, 0.15) is 37.0 Å². The highest BCUT2D eigenvalue weighted by molar-refractivity contribution is 5.87. The third-order valence-electron chi connectivity index (χ3n) is 2.83. The number of ether oxygens (including phenoxy) is 2. The predicted octanol–water partition coefficient (Wildman–Crippen LogP) is 2.56. The molecule has 118 valence electrons. The van der Waals surface area contributed by atoms with Gasteiger partial charge in [-0.1, -0.05) is 6.07 Å². The Bertz CT molecular complexity index is 420. The molecule has 21 heavy (non-hydrogen) atoms. The van der Waals surface area contributed by atoms with Gasteiger partial charge in [-0.3, -0.25) is 0 Å². The predicted molar refractivity (Wildman–Crippen MR) is 82.1 cm³/mol. The van der Waals surface area contributed by atoms with Gasteiger partial charge < -0.3 is 19.9 Å². The minimum Gasteiger partial charge on any atom is -0.492 e. The number of aromatic carboxylic acids is 1. The van der Waals surface area contributed by atoms with Gasteiger partial charge in [0.15, 0.2) is 0 Å². The van der Waals surface area contributed by atoms with Crippen LogP contribution in [-0.2, 0) is 4.74 Å². The molecule has 2 N–H and O–H groups in total. The lowest BCUT2D eigenvalue weighted by Crippen LogP contribution is -2.22. The van der Waals surface area contributed by atoms with E-state index >= 15 is 0 Å². The number of unbranched alkanes of at least 4 members (excludes halogenated alkanes) is 1. The molecule has 0 aliphatic heterocycles. The summed E-state index contributed by atoms with van der Waals surface area (Å²) in [5, 5.41) is 12.2. The fourth-order valence-corrected chi connectivity index (χ4v) is 1.76. The number of carboxylic acid groups (broad SMARTS) is 1. The lowest BCUT2D eigenvalue weighted by molar-refractivity contribution is 0.0696. The highest BCUT2D eigenvalue weighted by Gasteiger charge is 2.03. The number of benzene rings is 1. The molecular formula is C16H25NO4. The molecule has 1 aromatic carbocycles. The fourth-order valence-electron chi connectivity index (χ4n) is 1.76. The number of hydrogen-bond donors (Lipinski definition) is 2. The first-order chi connectivity index (χ1) is 10.1. The number of rotatable bonds is 11. The molecule has 5 heteroatoms. The van der Waals surface area contributed by atoms with Crippen LogP contribution in [0.15, 0.2) is 24.3 Å². The zero-order valence-corrected chi connectivity index (χ0v) is 12.8. The Kier molecular flexibility index (Phi) is 8.47. The van der Waals surface area contributed by atoms with Crippen LogP contribution in [0.3, 0.4) is 0 Å². The lowest BCUT2D eigenvalue weighted by atomic mass is 10.2. The quantitative estimate of drug-likeness (QED) is 0.614. The second-order valence-corrected chi connectivity index (χ2v) is 5.06. The highest BCUT2D eigenvalue weighted by Crippen LogP contribution is 2.12. The van der Waals surface area contributed by atoms with Crippen molar-refractivity contribution in [1.29, 1.82) is 0 Å². The summed E-state index contributed by atoms with van der Waals surface area (Å²) in [6.07, 6.45) is 2.42. The maximum atomic E-state index is 10.8. The zero-order chi connectivity index (χ0) is 15.5. The van der Waals surface area contributed by atoms with Crippen LogP contribution in [0.4, 0.5) is 0 Å². The normalized spacial score (nSPS) is 10.8. The molecule has 0 spiro atoms. The van der Waals surface area contributed by atoms with Gasteiger partial charge in [-0.25, -0.2) is 4.79 Å². The van der Waals surface area contributed by atoms with Gasteiger partial charge in [-0.15, -0.1) is 0 Å². The standard InChI is InChI=1S/C16H25NO4/c1-13(2)20-10-4-3-8-17-9-11-21-15-7-5-6-14(12-15)16(18)19/h5-7,12-13,17H,3-4,8-11H2,1-2H3,(H,18,19). The van der Waals surface area contributed by atoms with Crippen molar-refractivity contribution in [3.05, 3.63) is 29.8 Å². The zero-order valence-electron chi connectivity index (χ0n) is 12.8. The molecule has 0 unspecified atom stereocenters. The van der Waals surface area contributed by atoms with Crippen molar-refractivity contribution in [3.8, 4) is 5.75 Å². The van der Waals surface area contributed by atoms with E-state index in [2.05, 4.69) is 5.32 Å². The summed E-state index contributed by atoms with van der Waals surface area (Å²) in [5.74, 6) is -0.357. The van der Waals surface area contributed by atoms with E-state index in [1.54, 1.807) is 18.2 Å². The van der Waals surface area contributed by atoms with E-state index < -0.39 is 5.97 Å². The Morgan fingerprint density at radius 2 is 2.05 bits per heavy atom. The third kappa shape index (κ3) is 8.32. The first-order valence-electron chi connectivity index (χ1n) is 7.38. The van der Waals surface area contributed by atoms with E-state index in [0.29, 0.717) is 18.5 Å². The molecule has 0 bridgehead atoms. The van der Waals surface area contributed by atoms with Crippen molar-refractivity contribution in [2.75, 3.05) is 26.3 Å². The van der Waals surface area contributed by atoms with Crippen LogP contribution in [0.5, 0.6) is 5.75 Å². The fraction of sp³-hybridized carbons (Fsp3) is 0.562. The molecule has 5 nitrogen and oxygen atoms in total. The number of carboxylic acids is 1. The molecule has 0 aliphatic carbocycles. The third-order valence-corrected chi connectivity index (χ3v) is 2.83. The molecule has 1 rings (SSSR count). The number of carbonyl (C=O) groups is 1. The van der Waals surface area contributed by atoms with E-state index in [-0.39, 0.29) is 5.56 Å². The van der Waals surface area contributed by atoms with Gasteiger partial charge in [0.2, 0.25) is 0 Å². The minimum absolute atomic E-state index is 0.241. The van der Waals surface area contributed by atoms with Crippen LogP contribution < -0.4 is 10.1 Å². The van der Waals surface area contributed by atoms with Crippen LogP contribution in [0, 0.1) is 0 Å². The number of hydrogen-bond acceptors (Lipinski definition) is 4. The smallest absolute Gasteiger partial charge is 0.335 e. The van der Waals surface area contributed by atoms with Crippen molar-refractivity contribution in [2.24, 2.45) is 0 Å². The lowest BCUT2D eigenvalue weighted by Gasteiger charge is -2.09. The molecule has 0 radical (unpaired) electrons. The maximum Gasteiger partial charge on any atom is 0.335 e. The highest BCUT2D eigenvalue weighted by atomic mass is 16.5. The molecule has 0 aromatic heterocycles. The Hall–Kier alpha value is -1.59. The van der Waals surface area contributed by atoms with Crippen LogP contribution >= 0.6 is 0 Å². The van der Waals surface area contributed by atoms with Gasteiger partial charge in [0.25, 0.3) is 0 Å². The molecule has 0 saturated carbocycles. The second-order valence-electron chi connectivity index (χ2n) is 5.06. The summed E-state index contributed by atoms with van der Waals surface area (Å²) < 4.78 is 11.0. The monoisotopic (exact) mass is 295 g/mol. The van der Waals surface area contributed by atoms with E-state index in [0.717, 1.165) is 32.5 Å². The minimum atomic E-state index is -0.942. The Morgan fingerprint density at radius 1 is 1.24 bits per heavy atom. The van der Waals surface area contributed by atoms with E-state index in [4.69, 9.17) is 14.6 Å². The second kappa shape index (κ2) is 10.2. The summed E-state index contributed by atoms with van der Waals surface area (Å²) >= 11 is 0. The van der Waals surface area contributed by atoms with E-state index in [1.165, 1.54) is 6.07 Å². The van der Waals surface area contributed by atoms with E-state index in [1.807, 2.05) is 13.8 Å². The van der Waals surface area contributed by atoms with Crippen LogP contribution in [-0.4, -0.2) is 43.5 Å². The van der Waals surface area contributed by atoms with Crippen molar-refractivity contribution < 1.29 is 19.4 Å². The molecule has 1 aromatic rings. The maximum absolute atomic E-state index is 10.8. The Balaban J connectivity index is 2.04. The van der Waals surface area contributed by atoms with Gasteiger partial charge in [0.1, 0.15) is 12.4 Å². The first-order valence-corrected chi connectivity index (χ1v) is 7.38. The molecule has 0 amide bonds. The summed E-state index contributed by atoms with van der Waals surface area (Å²) in [6, 6.07) is 6.52. The SMILES string of the molecule is CC(C)OCCCCNCCOc1cccc(C(=O)O)c1. The summed E-state index contributed by atoms with van der Waals surface area (Å²) in [4.78, 5) is 10.8. The molecule has 0 fully saturated rings. The van der Waals surface area contributed by atoms with Gasteiger partial charge in [0, 0.05) is 13.2 Å². The average Bonchev–Trinajstić information content (AvgIpc) is 2.45. The summed E-state index contributed by atoms with van der Waals surface area (Å²) in [7, 11) is 0. The average molecular weight is 295 g/mol.